The second-order valence-corrected chi connectivity index (χ2v) is 3.94. The number of aldehydes is 1. The number of benzene rings is 1. The van der Waals surface area contributed by atoms with E-state index in [2.05, 4.69) is 22.6 Å². The van der Waals surface area contributed by atoms with Gasteiger partial charge in [-0.1, -0.05) is 36.9 Å². The molecule has 0 fully saturated rings. The lowest BCUT2D eigenvalue weighted by molar-refractivity contribution is -0.108. The number of carbonyl (C=O) groups excluding carboxylic acids is 1. The van der Waals surface area contributed by atoms with Gasteiger partial charge in [0.25, 0.3) is 5.56 Å². The van der Waals surface area contributed by atoms with Crippen LogP contribution in [-0.2, 0) is 11.3 Å². The van der Waals surface area contributed by atoms with E-state index in [0.29, 0.717) is 12.1 Å². The van der Waals surface area contributed by atoms with E-state index in [0.717, 1.165) is 5.56 Å². The molecule has 0 bridgehead atoms. The molecule has 5 nitrogen and oxygen atoms in total. The number of hydrogen-bond donors (Lipinski definition) is 1. The molecule has 0 amide bonds. The largest absolute Gasteiger partial charge is 0.349 e. The molecule has 0 saturated carbocycles. The van der Waals surface area contributed by atoms with Gasteiger partial charge in [-0.25, -0.2) is 4.98 Å². The Kier molecular flexibility index (Phi) is 4.27. The second kappa shape index (κ2) is 6.31. The maximum absolute atomic E-state index is 12.3. The fourth-order valence-electron chi connectivity index (χ4n) is 1.78. The molecule has 0 saturated heterocycles. The molecule has 1 heterocycles. The molecular weight excluding hydrogens is 254 g/mol. The van der Waals surface area contributed by atoms with Crippen LogP contribution in [0.2, 0.25) is 0 Å². The standard InChI is InChI=1S/C15H13N3O2/c1-2-8-16-13-11-17-14(12-6-4-3-5-7-12)18(9-10-19)15(13)20/h3-8,10-11,16H,1,9H2. The number of carbonyl (C=O) groups is 1. The van der Waals surface area contributed by atoms with E-state index in [1.807, 2.05) is 30.3 Å². The number of hydrogen-bond acceptors (Lipinski definition) is 4. The van der Waals surface area contributed by atoms with Crippen LogP contribution in [0, 0.1) is 0 Å². The van der Waals surface area contributed by atoms with Crippen LogP contribution in [0.25, 0.3) is 11.4 Å². The normalized spacial score (nSPS) is 9.60. The molecule has 0 unspecified atom stereocenters. The summed E-state index contributed by atoms with van der Waals surface area (Å²) in [6.07, 6.45) is 3.51. The average molecular weight is 267 g/mol. The van der Waals surface area contributed by atoms with E-state index in [9.17, 15) is 9.59 Å². The van der Waals surface area contributed by atoms with Gasteiger partial charge in [0.2, 0.25) is 0 Å². The Morgan fingerprint density at radius 1 is 1.35 bits per heavy atom. The Bertz CT molecular complexity index is 714. The predicted octanol–water partition coefficient (Wildman–Crippen LogP) is 1.82. The topological polar surface area (TPSA) is 64.0 Å². The Morgan fingerprint density at radius 3 is 2.75 bits per heavy atom. The molecule has 0 atom stereocenters. The first-order valence-electron chi connectivity index (χ1n) is 5.97. The molecule has 0 aliphatic heterocycles. The van der Waals surface area contributed by atoms with Crippen LogP contribution in [0.15, 0.2) is 59.8 Å². The molecule has 0 aliphatic carbocycles. The van der Waals surface area contributed by atoms with Crippen molar-refractivity contribution in [2.24, 2.45) is 0 Å². The van der Waals surface area contributed by atoms with Crippen LogP contribution in [0.3, 0.4) is 0 Å². The summed E-state index contributed by atoms with van der Waals surface area (Å²) < 4.78 is 1.32. The highest BCUT2D eigenvalue weighted by atomic mass is 16.1. The zero-order valence-corrected chi connectivity index (χ0v) is 10.7. The van der Waals surface area contributed by atoms with Crippen LogP contribution in [0.5, 0.6) is 0 Å². The lowest BCUT2D eigenvalue weighted by Crippen LogP contribution is -2.25. The molecule has 1 aromatic heterocycles. The summed E-state index contributed by atoms with van der Waals surface area (Å²) in [5.41, 5.74) is 3.23. The minimum Gasteiger partial charge on any atom is -0.349 e. The van der Waals surface area contributed by atoms with Crippen LogP contribution in [0.4, 0.5) is 5.69 Å². The molecular formula is C15H13N3O2. The molecule has 2 rings (SSSR count). The number of nitrogens with one attached hydrogen (secondary N) is 1. The first-order valence-corrected chi connectivity index (χ1v) is 5.97. The Balaban J connectivity index is 2.59. The van der Waals surface area contributed by atoms with Crippen molar-refractivity contribution in [3.8, 4) is 11.4 Å². The summed E-state index contributed by atoms with van der Waals surface area (Å²) in [4.78, 5) is 27.3. The zero-order chi connectivity index (χ0) is 14.4. The van der Waals surface area contributed by atoms with Crippen molar-refractivity contribution in [2.45, 2.75) is 6.54 Å². The lowest BCUT2D eigenvalue weighted by atomic mass is 10.2. The Hall–Kier alpha value is -2.91. The number of anilines is 1. The third-order valence-electron chi connectivity index (χ3n) is 2.67. The van der Waals surface area contributed by atoms with Crippen LogP contribution < -0.4 is 10.9 Å². The van der Waals surface area contributed by atoms with Crippen molar-refractivity contribution in [1.82, 2.24) is 9.55 Å². The predicted molar refractivity (Wildman–Crippen MR) is 77.3 cm³/mol. The smallest absolute Gasteiger partial charge is 0.277 e. The van der Waals surface area contributed by atoms with Crippen molar-refractivity contribution < 1.29 is 4.79 Å². The fraction of sp³-hybridized carbons (Fsp3) is 0.0667. The van der Waals surface area contributed by atoms with Gasteiger partial charge in [0.1, 0.15) is 17.8 Å². The fourth-order valence-corrected chi connectivity index (χ4v) is 1.78. The Labute approximate surface area is 115 Å². The molecule has 0 spiro atoms. The Morgan fingerprint density at radius 2 is 2.10 bits per heavy atom. The van der Waals surface area contributed by atoms with E-state index in [-0.39, 0.29) is 17.8 Å². The summed E-state index contributed by atoms with van der Waals surface area (Å²) in [5, 5.41) is 2.73. The third-order valence-corrected chi connectivity index (χ3v) is 2.67. The van der Waals surface area contributed by atoms with E-state index in [4.69, 9.17) is 0 Å². The minimum absolute atomic E-state index is 0.0522. The quantitative estimate of drug-likeness (QED) is 0.663. The molecule has 0 aliphatic rings. The van der Waals surface area contributed by atoms with Crippen molar-refractivity contribution in [1.29, 1.82) is 0 Å². The minimum atomic E-state index is -0.322. The highest BCUT2D eigenvalue weighted by Crippen LogP contribution is 2.15. The van der Waals surface area contributed by atoms with E-state index in [1.165, 1.54) is 17.0 Å². The van der Waals surface area contributed by atoms with Crippen molar-refractivity contribution in [3.63, 3.8) is 0 Å². The van der Waals surface area contributed by atoms with Crippen LogP contribution >= 0.6 is 0 Å². The summed E-state index contributed by atoms with van der Waals surface area (Å²) in [6, 6.07) is 9.23. The van der Waals surface area contributed by atoms with Gasteiger partial charge in [-0.3, -0.25) is 9.36 Å². The van der Waals surface area contributed by atoms with Gasteiger partial charge in [0.15, 0.2) is 0 Å². The molecule has 100 valence electrons. The highest BCUT2D eigenvalue weighted by molar-refractivity contribution is 5.60. The molecule has 1 N–H and O–H groups in total. The van der Waals surface area contributed by atoms with Gasteiger partial charge in [-0.2, -0.15) is 0 Å². The van der Waals surface area contributed by atoms with Gasteiger partial charge in [-0.05, 0) is 0 Å². The van der Waals surface area contributed by atoms with Gasteiger partial charge in [-0.15, -0.1) is 5.73 Å². The maximum Gasteiger partial charge on any atom is 0.277 e. The van der Waals surface area contributed by atoms with E-state index in [1.54, 1.807) is 0 Å². The van der Waals surface area contributed by atoms with Crippen LogP contribution in [-0.4, -0.2) is 15.8 Å². The summed E-state index contributed by atoms with van der Waals surface area (Å²) in [5.74, 6) is 0.454. The third kappa shape index (κ3) is 2.74. The number of nitrogens with zero attached hydrogens (tertiary/aromatic N) is 2. The van der Waals surface area contributed by atoms with Crippen molar-refractivity contribution >= 4 is 12.0 Å². The molecule has 0 radical (unpaired) electrons. The molecule has 5 heteroatoms. The summed E-state index contributed by atoms with van der Waals surface area (Å²) in [7, 11) is 0. The van der Waals surface area contributed by atoms with Crippen LogP contribution in [0.1, 0.15) is 0 Å². The number of rotatable bonds is 5. The zero-order valence-electron chi connectivity index (χ0n) is 10.7. The lowest BCUT2D eigenvalue weighted by Gasteiger charge is -2.11. The van der Waals surface area contributed by atoms with Gasteiger partial charge < -0.3 is 10.1 Å². The first-order chi connectivity index (χ1) is 9.77. The molecule has 1 aromatic carbocycles. The SMILES string of the molecule is C=C=CNc1cnc(-c2ccccc2)n(CC=O)c1=O. The monoisotopic (exact) mass is 267 g/mol. The van der Waals surface area contributed by atoms with Gasteiger partial charge in [0.05, 0.1) is 12.7 Å². The first kappa shape index (κ1) is 13.5. The van der Waals surface area contributed by atoms with Gasteiger partial charge in [0, 0.05) is 11.8 Å². The summed E-state index contributed by atoms with van der Waals surface area (Å²) >= 11 is 0. The number of aromatic nitrogens is 2. The second-order valence-electron chi connectivity index (χ2n) is 3.94. The summed E-state index contributed by atoms with van der Waals surface area (Å²) in [6.45, 7) is 3.35. The van der Waals surface area contributed by atoms with Crippen molar-refractivity contribution in [3.05, 3.63) is 65.4 Å². The average Bonchev–Trinajstić information content (AvgIpc) is 2.49. The van der Waals surface area contributed by atoms with Crippen molar-refractivity contribution in [2.75, 3.05) is 5.32 Å². The maximum atomic E-state index is 12.3. The highest BCUT2D eigenvalue weighted by Gasteiger charge is 2.10. The van der Waals surface area contributed by atoms with E-state index < -0.39 is 0 Å². The van der Waals surface area contributed by atoms with E-state index >= 15 is 0 Å². The molecule has 2 aromatic rings. The van der Waals surface area contributed by atoms with Gasteiger partial charge >= 0.3 is 0 Å². The molecule has 20 heavy (non-hydrogen) atoms.